The quantitative estimate of drug-likeness (QED) is 0.666. The molecule has 0 spiro atoms. The summed E-state index contributed by atoms with van der Waals surface area (Å²) in [6, 6.07) is 4.16. The summed E-state index contributed by atoms with van der Waals surface area (Å²) in [7, 11) is 1.89. The minimum Gasteiger partial charge on any atom is -0.387 e. The van der Waals surface area contributed by atoms with Crippen molar-refractivity contribution in [3.05, 3.63) is 34.4 Å². The van der Waals surface area contributed by atoms with E-state index in [9.17, 15) is 4.79 Å². The average Bonchev–Trinajstić information content (AvgIpc) is 2.59. The molecule has 0 atom stereocenters. The van der Waals surface area contributed by atoms with Gasteiger partial charge < -0.3 is 10.6 Å². The number of halogens is 1. The van der Waals surface area contributed by atoms with E-state index in [1.54, 1.807) is 0 Å². The predicted octanol–water partition coefficient (Wildman–Crippen LogP) is 5.43. The molecule has 1 aromatic carbocycles. The lowest BCUT2D eigenvalue weighted by Gasteiger charge is -2.55. The van der Waals surface area contributed by atoms with Crippen molar-refractivity contribution in [2.24, 2.45) is 23.2 Å². The summed E-state index contributed by atoms with van der Waals surface area (Å²) in [5, 5.41) is 7.57. The van der Waals surface area contributed by atoms with Crippen molar-refractivity contribution in [2.75, 3.05) is 12.4 Å². The topological polar surface area (TPSA) is 41.1 Å². The fourth-order valence-corrected chi connectivity index (χ4v) is 7.25. The normalized spacial score (nSPS) is 36.1. The zero-order valence-corrected chi connectivity index (χ0v) is 18.0. The van der Waals surface area contributed by atoms with Gasteiger partial charge in [-0.15, -0.1) is 0 Å². The number of ketones is 1. The molecule has 4 bridgehead atoms. The molecule has 4 heteroatoms. The lowest BCUT2D eigenvalue weighted by Crippen LogP contribution is -2.50. The molecular weight excluding hydrogens is 368 g/mol. The number of rotatable bonds is 3. The third-order valence-electron chi connectivity index (χ3n) is 7.69. The van der Waals surface area contributed by atoms with Crippen molar-refractivity contribution < 1.29 is 4.79 Å². The van der Waals surface area contributed by atoms with Gasteiger partial charge in [0, 0.05) is 35.3 Å². The molecule has 6 rings (SSSR count). The van der Waals surface area contributed by atoms with Crippen LogP contribution in [-0.2, 0) is 11.2 Å². The van der Waals surface area contributed by atoms with Gasteiger partial charge in [0.2, 0.25) is 0 Å². The lowest BCUT2D eigenvalue weighted by atomic mass is 9.48. The van der Waals surface area contributed by atoms with E-state index in [1.807, 2.05) is 13.1 Å². The maximum atomic E-state index is 13.6. The molecule has 1 heterocycles. The molecule has 4 saturated carbocycles. The van der Waals surface area contributed by atoms with Crippen LogP contribution in [0.4, 0.5) is 5.69 Å². The van der Waals surface area contributed by atoms with E-state index in [2.05, 4.69) is 36.6 Å². The van der Waals surface area contributed by atoms with E-state index >= 15 is 0 Å². The molecule has 0 aromatic heterocycles. The molecule has 0 unspecified atom stereocenters. The molecule has 2 N–H and O–H groups in total. The largest absolute Gasteiger partial charge is 0.387 e. The zero-order valence-electron chi connectivity index (χ0n) is 17.2. The van der Waals surface area contributed by atoms with Gasteiger partial charge in [-0.25, -0.2) is 0 Å². The lowest BCUT2D eigenvalue weighted by molar-refractivity contribution is -0.138. The highest BCUT2D eigenvalue weighted by Gasteiger charge is 2.54. The summed E-state index contributed by atoms with van der Waals surface area (Å²) in [5.74, 6) is 2.71. The molecule has 28 heavy (non-hydrogen) atoms. The number of anilines is 1. The fourth-order valence-electron chi connectivity index (χ4n) is 6.97. The first-order chi connectivity index (χ1) is 13.3. The van der Waals surface area contributed by atoms with Gasteiger partial charge in [0.15, 0.2) is 5.78 Å². The highest BCUT2D eigenvalue weighted by molar-refractivity contribution is 6.33. The summed E-state index contributed by atoms with van der Waals surface area (Å²) < 4.78 is 0. The minimum atomic E-state index is -0.0938. The van der Waals surface area contributed by atoms with Gasteiger partial charge >= 0.3 is 0 Å². The smallest absolute Gasteiger partial charge is 0.163 e. The number of carbonyl (C=O) groups excluding carboxylic acids is 1. The first kappa shape index (κ1) is 18.5. The van der Waals surface area contributed by atoms with Gasteiger partial charge in [0.1, 0.15) is 0 Å². The highest BCUT2D eigenvalue weighted by Crippen LogP contribution is 2.60. The van der Waals surface area contributed by atoms with Crippen molar-refractivity contribution in [1.29, 1.82) is 0 Å². The Morgan fingerprint density at radius 1 is 1.14 bits per heavy atom. The van der Waals surface area contributed by atoms with Crippen LogP contribution in [0.2, 0.25) is 5.02 Å². The van der Waals surface area contributed by atoms with Crippen molar-refractivity contribution in [3.8, 4) is 0 Å². The summed E-state index contributed by atoms with van der Waals surface area (Å²) >= 11 is 6.45. The molecule has 150 valence electrons. The molecule has 3 nitrogen and oxygen atoms in total. The number of carbonyl (C=O) groups is 1. The third-order valence-corrected chi connectivity index (χ3v) is 8.01. The molecule has 5 aliphatic rings. The van der Waals surface area contributed by atoms with E-state index in [4.69, 9.17) is 11.6 Å². The van der Waals surface area contributed by atoms with Gasteiger partial charge in [0.05, 0.1) is 10.7 Å². The Morgan fingerprint density at radius 3 is 2.32 bits per heavy atom. The Labute approximate surface area is 173 Å². The second-order valence-corrected chi connectivity index (χ2v) is 11.0. The number of benzene rings is 1. The molecule has 4 fully saturated rings. The number of hydrogen-bond donors (Lipinski definition) is 2. The number of nitrogens with one attached hydrogen (secondary N) is 2. The Hall–Kier alpha value is -1.48. The van der Waals surface area contributed by atoms with E-state index in [1.165, 1.54) is 24.8 Å². The first-order valence-corrected chi connectivity index (χ1v) is 11.2. The predicted molar refractivity (Wildman–Crippen MR) is 116 cm³/mol. The van der Waals surface area contributed by atoms with E-state index in [0.717, 1.165) is 65.4 Å². The SMILES string of the molecule is CNc1cc2c(cc1Cl)CC(C)(C)NC2=CC(=O)C12CC3CC(CC(C3)C1)C2. The van der Waals surface area contributed by atoms with Crippen molar-refractivity contribution >= 4 is 28.8 Å². The second kappa shape index (κ2) is 6.26. The molecule has 1 aliphatic heterocycles. The van der Waals surface area contributed by atoms with Crippen molar-refractivity contribution in [2.45, 2.75) is 64.3 Å². The molecular formula is C24H31ClN2O. The van der Waals surface area contributed by atoms with Crippen LogP contribution < -0.4 is 10.6 Å². The minimum absolute atomic E-state index is 0.0922. The Morgan fingerprint density at radius 2 is 1.75 bits per heavy atom. The van der Waals surface area contributed by atoms with E-state index in [0.29, 0.717) is 5.78 Å². The van der Waals surface area contributed by atoms with Crippen LogP contribution in [0.1, 0.15) is 63.5 Å². The summed E-state index contributed by atoms with van der Waals surface area (Å²) in [6.45, 7) is 4.39. The highest BCUT2D eigenvalue weighted by atomic mass is 35.5. The van der Waals surface area contributed by atoms with Crippen LogP contribution >= 0.6 is 11.6 Å². The van der Waals surface area contributed by atoms with Crippen LogP contribution in [-0.4, -0.2) is 18.4 Å². The summed E-state index contributed by atoms with van der Waals surface area (Å²) in [5.41, 5.74) is 4.04. The van der Waals surface area contributed by atoms with Crippen LogP contribution in [0, 0.1) is 23.2 Å². The van der Waals surface area contributed by atoms with Gasteiger partial charge in [-0.3, -0.25) is 4.79 Å². The first-order valence-electron chi connectivity index (χ1n) is 10.8. The van der Waals surface area contributed by atoms with Crippen LogP contribution in [0.25, 0.3) is 5.70 Å². The van der Waals surface area contributed by atoms with Crippen molar-refractivity contribution in [1.82, 2.24) is 5.32 Å². The van der Waals surface area contributed by atoms with Gasteiger partial charge in [-0.05, 0) is 94.2 Å². The van der Waals surface area contributed by atoms with Crippen molar-refractivity contribution in [3.63, 3.8) is 0 Å². The monoisotopic (exact) mass is 398 g/mol. The molecule has 0 saturated heterocycles. The Kier molecular flexibility index (Phi) is 4.14. The molecule has 1 aromatic rings. The molecule has 0 amide bonds. The Bertz CT molecular complexity index is 834. The maximum Gasteiger partial charge on any atom is 0.163 e. The van der Waals surface area contributed by atoms with Gasteiger partial charge in [-0.1, -0.05) is 11.6 Å². The fraction of sp³-hybridized carbons (Fsp3) is 0.625. The number of fused-ring (bicyclic) bond motifs is 1. The van der Waals surface area contributed by atoms with Gasteiger partial charge in [0.25, 0.3) is 0 Å². The van der Waals surface area contributed by atoms with E-state index in [-0.39, 0.29) is 11.0 Å². The second-order valence-electron chi connectivity index (χ2n) is 10.5. The van der Waals surface area contributed by atoms with Crippen LogP contribution in [0.5, 0.6) is 0 Å². The average molecular weight is 399 g/mol. The third kappa shape index (κ3) is 2.98. The van der Waals surface area contributed by atoms with Crippen LogP contribution in [0.15, 0.2) is 18.2 Å². The summed E-state index contributed by atoms with van der Waals surface area (Å²) in [4.78, 5) is 13.6. The summed E-state index contributed by atoms with van der Waals surface area (Å²) in [6.07, 6.45) is 10.3. The molecule has 4 aliphatic carbocycles. The van der Waals surface area contributed by atoms with Gasteiger partial charge in [-0.2, -0.15) is 0 Å². The van der Waals surface area contributed by atoms with Crippen LogP contribution in [0.3, 0.4) is 0 Å². The molecule has 0 radical (unpaired) electrons. The zero-order chi connectivity index (χ0) is 19.7. The number of hydrogen-bond acceptors (Lipinski definition) is 3. The maximum absolute atomic E-state index is 13.6. The van der Waals surface area contributed by atoms with E-state index < -0.39 is 0 Å². The standard InChI is InChI=1S/C24H31ClN2O/c1-23(2)13-17-7-19(25)21(26-3)8-18(17)20(27-23)9-22(28)24-10-14-4-15(11-24)6-16(5-14)12-24/h7-9,14-16,26-27H,4-6,10-13H2,1-3H3. The Balaban J connectivity index is 1.54. The number of allylic oxidation sites excluding steroid dienone is 1.